The summed E-state index contributed by atoms with van der Waals surface area (Å²) in [6, 6.07) is 2.28. The van der Waals surface area contributed by atoms with Crippen LogP contribution >= 0.6 is 0 Å². The van der Waals surface area contributed by atoms with E-state index < -0.39 is 0 Å². The van der Waals surface area contributed by atoms with Crippen molar-refractivity contribution in [3.05, 3.63) is 28.4 Å². The molecular formula is C17H28N4O2. The second-order valence-electron chi connectivity index (χ2n) is 6.71. The quantitative estimate of drug-likeness (QED) is 0.887. The molecule has 3 heterocycles. The fourth-order valence-corrected chi connectivity index (χ4v) is 3.78. The molecule has 0 bridgehead atoms. The van der Waals surface area contributed by atoms with Gasteiger partial charge in [-0.2, -0.15) is 0 Å². The van der Waals surface area contributed by atoms with Gasteiger partial charge in [-0.1, -0.05) is 6.92 Å². The topological polar surface area (TPSA) is 61.5 Å². The van der Waals surface area contributed by atoms with Crippen LogP contribution in [0.3, 0.4) is 0 Å². The Morgan fingerprint density at radius 3 is 2.91 bits per heavy atom. The first-order valence-corrected chi connectivity index (χ1v) is 8.82. The minimum Gasteiger partial charge on any atom is -0.380 e. The van der Waals surface area contributed by atoms with Gasteiger partial charge in [0.25, 0.3) is 5.56 Å². The molecule has 6 nitrogen and oxygen atoms in total. The molecule has 2 aliphatic rings. The predicted octanol–water partition coefficient (Wildman–Crippen LogP) is 0.745. The molecule has 0 spiro atoms. The summed E-state index contributed by atoms with van der Waals surface area (Å²) in [7, 11) is 0. The van der Waals surface area contributed by atoms with Crippen molar-refractivity contribution in [3.63, 3.8) is 0 Å². The van der Waals surface area contributed by atoms with E-state index in [0.717, 1.165) is 45.0 Å². The number of hydrogen-bond acceptors (Lipinski definition) is 5. The average Bonchev–Trinajstić information content (AvgIpc) is 2.80. The van der Waals surface area contributed by atoms with Crippen molar-refractivity contribution in [2.75, 3.05) is 45.9 Å². The minimum atomic E-state index is -0.0756. The van der Waals surface area contributed by atoms with E-state index in [2.05, 4.69) is 26.7 Å². The number of piperidine rings is 1. The van der Waals surface area contributed by atoms with Crippen LogP contribution in [0.15, 0.2) is 17.2 Å². The Hall–Kier alpha value is -1.24. The zero-order valence-corrected chi connectivity index (χ0v) is 14.0. The highest BCUT2D eigenvalue weighted by atomic mass is 16.5. The van der Waals surface area contributed by atoms with Crippen LogP contribution in [0.5, 0.6) is 0 Å². The standard InChI is InChI=1S/C17H28N4O2/c1-2-20-5-3-16(4-6-20)21-7-8-23-12-14(11-21)9-15-10-17(22)19-13-18-15/h10,13-14,16H,2-9,11-12H2,1H3,(H,18,19,22). The number of hydrogen-bond donors (Lipinski definition) is 1. The van der Waals surface area contributed by atoms with Crippen LogP contribution in [0.1, 0.15) is 25.5 Å². The Bertz CT molecular complexity index is 539. The van der Waals surface area contributed by atoms with Gasteiger partial charge in [-0.25, -0.2) is 4.98 Å². The second-order valence-corrected chi connectivity index (χ2v) is 6.71. The largest absolute Gasteiger partial charge is 0.380 e. The van der Waals surface area contributed by atoms with Gasteiger partial charge in [0.1, 0.15) is 0 Å². The zero-order chi connectivity index (χ0) is 16.1. The van der Waals surface area contributed by atoms with E-state index in [1.807, 2.05) is 0 Å². The van der Waals surface area contributed by atoms with Gasteiger partial charge in [-0.15, -0.1) is 0 Å². The molecule has 0 aromatic carbocycles. The van der Waals surface area contributed by atoms with Gasteiger partial charge in [0.05, 0.1) is 19.5 Å². The van der Waals surface area contributed by atoms with E-state index in [-0.39, 0.29) is 5.56 Å². The molecule has 0 amide bonds. The summed E-state index contributed by atoms with van der Waals surface area (Å²) >= 11 is 0. The van der Waals surface area contributed by atoms with E-state index in [1.165, 1.54) is 32.3 Å². The Morgan fingerprint density at radius 1 is 1.35 bits per heavy atom. The molecule has 2 saturated heterocycles. The van der Waals surface area contributed by atoms with Gasteiger partial charge in [0.2, 0.25) is 0 Å². The number of likely N-dealkylation sites (tertiary alicyclic amines) is 1. The molecule has 1 aromatic rings. The first-order chi connectivity index (χ1) is 11.2. The Balaban J connectivity index is 1.59. The molecule has 2 aliphatic heterocycles. The normalized spacial score (nSPS) is 25.3. The van der Waals surface area contributed by atoms with E-state index in [4.69, 9.17) is 4.74 Å². The average molecular weight is 320 g/mol. The van der Waals surface area contributed by atoms with E-state index in [1.54, 1.807) is 6.07 Å². The maximum absolute atomic E-state index is 11.4. The molecule has 0 saturated carbocycles. The Labute approximate surface area is 137 Å². The third-order valence-corrected chi connectivity index (χ3v) is 5.12. The van der Waals surface area contributed by atoms with Crippen LogP contribution in [0.4, 0.5) is 0 Å². The van der Waals surface area contributed by atoms with Crippen LogP contribution in [-0.4, -0.2) is 71.7 Å². The lowest BCUT2D eigenvalue weighted by molar-refractivity contribution is 0.0987. The molecule has 1 aromatic heterocycles. The van der Waals surface area contributed by atoms with Crippen molar-refractivity contribution in [3.8, 4) is 0 Å². The number of rotatable bonds is 4. The summed E-state index contributed by atoms with van der Waals surface area (Å²) in [5, 5.41) is 0. The summed E-state index contributed by atoms with van der Waals surface area (Å²) < 4.78 is 5.81. The molecule has 3 rings (SSSR count). The van der Waals surface area contributed by atoms with Crippen molar-refractivity contribution >= 4 is 0 Å². The first-order valence-electron chi connectivity index (χ1n) is 8.82. The fourth-order valence-electron chi connectivity index (χ4n) is 3.78. The molecule has 1 unspecified atom stereocenters. The van der Waals surface area contributed by atoms with Gasteiger partial charge in [0.15, 0.2) is 0 Å². The number of nitrogens with zero attached hydrogens (tertiary/aromatic N) is 3. The number of aromatic amines is 1. The van der Waals surface area contributed by atoms with Gasteiger partial charge < -0.3 is 14.6 Å². The van der Waals surface area contributed by atoms with Gasteiger partial charge in [-0.05, 0) is 38.9 Å². The molecule has 1 N–H and O–H groups in total. The summed E-state index contributed by atoms with van der Waals surface area (Å²) in [4.78, 5) is 23.4. The van der Waals surface area contributed by atoms with Crippen LogP contribution in [0, 0.1) is 5.92 Å². The maximum atomic E-state index is 11.4. The van der Waals surface area contributed by atoms with Crippen molar-refractivity contribution in [1.82, 2.24) is 19.8 Å². The molecular weight excluding hydrogens is 292 g/mol. The van der Waals surface area contributed by atoms with E-state index >= 15 is 0 Å². The summed E-state index contributed by atoms with van der Waals surface area (Å²) in [5.74, 6) is 0.413. The van der Waals surface area contributed by atoms with Crippen LogP contribution in [-0.2, 0) is 11.2 Å². The molecule has 128 valence electrons. The minimum absolute atomic E-state index is 0.0756. The van der Waals surface area contributed by atoms with Crippen molar-refractivity contribution in [2.24, 2.45) is 5.92 Å². The molecule has 0 aliphatic carbocycles. The first kappa shape index (κ1) is 16.6. The highest BCUT2D eigenvalue weighted by molar-refractivity contribution is 5.00. The van der Waals surface area contributed by atoms with E-state index in [0.29, 0.717) is 12.0 Å². The Kier molecular flexibility index (Phi) is 5.80. The maximum Gasteiger partial charge on any atom is 0.250 e. The molecule has 23 heavy (non-hydrogen) atoms. The highest BCUT2D eigenvalue weighted by Crippen LogP contribution is 2.20. The number of H-pyrrole nitrogens is 1. The molecule has 0 radical (unpaired) electrons. The van der Waals surface area contributed by atoms with E-state index in [9.17, 15) is 4.79 Å². The zero-order valence-electron chi connectivity index (χ0n) is 14.0. The number of ether oxygens (including phenoxy) is 1. The smallest absolute Gasteiger partial charge is 0.250 e. The SMILES string of the molecule is CCN1CCC(N2CCOCC(Cc3cc(=O)[nH]cn3)C2)CC1. The van der Waals surface area contributed by atoms with Crippen LogP contribution in [0.2, 0.25) is 0 Å². The predicted molar refractivity (Wildman–Crippen MR) is 89.6 cm³/mol. The Morgan fingerprint density at radius 2 is 2.17 bits per heavy atom. The second kappa shape index (κ2) is 8.04. The van der Waals surface area contributed by atoms with Crippen LogP contribution in [0.25, 0.3) is 0 Å². The lowest BCUT2D eigenvalue weighted by atomic mass is 9.99. The lowest BCUT2D eigenvalue weighted by Gasteiger charge is -2.38. The monoisotopic (exact) mass is 320 g/mol. The van der Waals surface area contributed by atoms with Crippen molar-refractivity contribution in [2.45, 2.75) is 32.2 Å². The number of nitrogens with one attached hydrogen (secondary N) is 1. The summed E-state index contributed by atoms with van der Waals surface area (Å²) in [6.45, 7) is 9.46. The highest BCUT2D eigenvalue weighted by Gasteiger charge is 2.28. The molecule has 6 heteroatoms. The molecule has 2 fully saturated rings. The van der Waals surface area contributed by atoms with Gasteiger partial charge in [0, 0.05) is 36.8 Å². The molecule has 1 atom stereocenters. The fraction of sp³-hybridized carbons (Fsp3) is 0.765. The van der Waals surface area contributed by atoms with Crippen molar-refractivity contribution < 1.29 is 4.74 Å². The summed E-state index contributed by atoms with van der Waals surface area (Å²) in [5.41, 5.74) is 0.790. The summed E-state index contributed by atoms with van der Waals surface area (Å²) in [6.07, 6.45) is 4.81. The van der Waals surface area contributed by atoms with Gasteiger partial charge >= 0.3 is 0 Å². The van der Waals surface area contributed by atoms with Crippen molar-refractivity contribution in [1.29, 1.82) is 0 Å². The number of aromatic nitrogens is 2. The lowest BCUT2D eigenvalue weighted by Crippen LogP contribution is -2.46. The third-order valence-electron chi connectivity index (χ3n) is 5.12. The van der Waals surface area contributed by atoms with Gasteiger partial charge in [-0.3, -0.25) is 9.69 Å². The van der Waals surface area contributed by atoms with Crippen LogP contribution < -0.4 is 5.56 Å². The third kappa shape index (κ3) is 4.62.